The first kappa shape index (κ1) is 14.0. The molecule has 116 valence electrons. The van der Waals surface area contributed by atoms with Crippen LogP contribution in [0.2, 0.25) is 0 Å². The molecule has 2 nitrogen and oxygen atoms in total. The minimum absolute atomic E-state index is 0.00354. The van der Waals surface area contributed by atoms with Gasteiger partial charge in [0, 0.05) is 5.41 Å². The molecule has 0 aromatic rings. The summed E-state index contributed by atoms with van der Waals surface area (Å²) < 4.78 is 0. The van der Waals surface area contributed by atoms with E-state index in [4.69, 9.17) is 0 Å². The Balaban J connectivity index is 1.72. The summed E-state index contributed by atoms with van der Waals surface area (Å²) in [5, 5.41) is 21.5. The fraction of sp³-hybridized carbons (Fsp3) is 0.789. The van der Waals surface area contributed by atoms with Crippen LogP contribution in [0.15, 0.2) is 23.8 Å². The van der Waals surface area contributed by atoms with Crippen LogP contribution in [0.1, 0.15) is 51.9 Å². The second-order valence-corrected chi connectivity index (χ2v) is 7.83. The SMILES string of the molecule is CC[C@]12C[C@@H](O)[C@H]3[C@@H](CC=C4C=CCC[C@@H]43)[C@@H]1CC[C@@H]2O. The molecule has 0 aliphatic heterocycles. The van der Waals surface area contributed by atoms with Crippen molar-refractivity contribution < 1.29 is 10.2 Å². The standard InChI is InChI=1S/C19H28O2/c1-2-19-11-16(20)18-13-6-4-3-5-12(13)7-8-14(18)15(19)9-10-17(19)21/h3,5,7,13-18,20-21H,2,4,6,8-11H2,1H3/t13-,14-,15-,16+,17-,18+,19-/m0/s1. The van der Waals surface area contributed by atoms with E-state index in [1.165, 1.54) is 12.0 Å². The Morgan fingerprint density at radius 3 is 2.90 bits per heavy atom. The van der Waals surface area contributed by atoms with E-state index in [2.05, 4.69) is 25.2 Å². The van der Waals surface area contributed by atoms with E-state index in [1.807, 2.05) is 0 Å². The number of rotatable bonds is 1. The van der Waals surface area contributed by atoms with Crippen molar-refractivity contribution in [2.24, 2.45) is 29.1 Å². The third kappa shape index (κ3) is 1.85. The molecular weight excluding hydrogens is 260 g/mol. The van der Waals surface area contributed by atoms with Crippen LogP contribution >= 0.6 is 0 Å². The van der Waals surface area contributed by atoms with Gasteiger partial charge in [-0.2, -0.15) is 0 Å². The second kappa shape index (κ2) is 4.96. The predicted octanol–water partition coefficient (Wildman–Crippen LogP) is 3.45. The van der Waals surface area contributed by atoms with Gasteiger partial charge < -0.3 is 10.2 Å². The summed E-state index contributed by atoms with van der Waals surface area (Å²) in [7, 11) is 0. The zero-order valence-electron chi connectivity index (χ0n) is 13.0. The fourth-order valence-electron chi connectivity index (χ4n) is 6.39. The first-order valence-corrected chi connectivity index (χ1v) is 8.90. The van der Waals surface area contributed by atoms with E-state index in [1.54, 1.807) is 0 Å². The smallest absolute Gasteiger partial charge is 0.0600 e. The van der Waals surface area contributed by atoms with Crippen molar-refractivity contribution in [1.82, 2.24) is 0 Å². The Labute approximate surface area is 127 Å². The third-order valence-electron chi connectivity index (χ3n) is 7.33. The van der Waals surface area contributed by atoms with Crippen molar-refractivity contribution in [1.29, 1.82) is 0 Å². The van der Waals surface area contributed by atoms with Gasteiger partial charge in [0.2, 0.25) is 0 Å². The minimum Gasteiger partial charge on any atom is -0.393 e. The lowest BCUT2D eigenvalue weighted by Crippen LogP contribution is -2.54. The number of aliphatic hydroxyl groups excluding tert-OH is 2. The topological polar surface area (TPSA) is 40.5 Å². The summed E-state index contributed by atoms with van der Waals surface area (Å²) in [5.41, 5.74) is 1.47. The average Bonchev–Trinajstić information content (AvgIpc) is 2.84. The molecule has 2 saturated carbocycles. The molecule has 7 atom stereocenters. The van der Waals surface area contributed by atoms with Crippen LogP contribution in [0.25, 0.3) is 0 Å². The summed E-state index contributed by atoms with van der Waals surface area (Å²) in [4.78, 5) is 0. The molecule has 0 unspecified atom stereocenters. The average molecular weight is 288 g/mol. The van der Waals surface area contributed by atoms with Gasteiger partial charge in [-0.1, -0.05) is 25.2 Å². The van der Waals surface area contributed by atoms with E-state index < -0.39 is 0 Å². The Morgan fingerprint density at radius 1 is 1.24 bits per heavy atom. The van der Waals surface area contributed by atoms with E-state index >= 15 is 0 Å². The highest BCUT2D eigenvalue weighted by Crippen LogP contribution is 2.62. The molecule has 0 heterocycles. The molecule has 0 aromatic heterocycles. The lowest BCUT2D eigenvalue weighted by molar-refractivity contribution is -0.122. The number of allylic oxidation sites excluding steroid dienone is 4. The van der Waals surface area contributed by atoms with Crippen molar-refractivity contribution >= 4 is 0 Å². The molecule has 21 heavy (non-hydrogen) atoms. The van der Waals surface area contributed by atoms with Gasteiger partial charge in [-0.15, -0.1) is 0 Å². The Bertz CT molecular complexity index is 480. The lowest BCUT2D eigenvalue weighted by atomic mass is 9.51. The van der Waals surface area contributed by atoms with E-state index in [0.717, 1.165) is 38.5 Å². The Morgan fingerprint density at radius 2 is 2.10 bits per heavy atom. The van der Waals surface area contributed by atoms with Crippen molar-refractivity contribution in [3.63, 3.8) is 0 Å². The minimum atomic E-state index is -0.223. The number of aliphatic hydroxyl groups is 2. The van der Waals surface area contributed by atoms with Crippen LogP contribution in [0, 0.1) is 29.1 Å². The number of hydrogen-bond donors (Lipinski definition) is 2. The number of hydrogen-bond acceptors (Lipinski definition) is 2. The Hall–Kier alpha value is -0.600. The summed E-state index contributed by atoms with van der Waals surface area (Å²) in [6.45, 7) is 2.21. The second-order valence-electron chi connectivity index (χ2n) is 7.83. The maximum atomic E-state index is 10.9. The summed E-state index contributed by atoms with van der Waals surface area (Å²) in [6.07, 6.45) is 14.0. The van der Waals surface area contributed by atoms with Crippen LogP contribution in [-0.2, 0) is 0 Å². The van der Waals surface area contributed by atoms with E-state index in [-0.39, 0.29) is 17.6 Å². The highest BCUT2D eigenvalue weighted by molar-refractivity contribution is 5.30. The van der Waals surface area contributed by atoms with Crippen LogP contribution in [0.3, 0.4) is 0 Å². The molecule has 2 fully saturated rings. The molecule has 4 aliphatic rings. The number of fused-ring (bicyclic) bond motifs is 5. The fourth-order valence-corrected chi connectivity index (χ4v) is 6.39. The highest BCUT2D eigenvalue weighted by atomic mass is 16.3. The van der Waals surface area contributed by atoms with Gasteiger partial charge in [0.1, 0.15) is 0 Å². The van der Waals surface area contributed by atoms with Crippen molar-refractivity contribution in [2.75, 3.05) is 0 Å². The van der Waals surface area contributed by atoms with Crippen molar-refractivity contribution in [2.45, 2.75) is 64.1 Å². The first-order chi connectivity index (χ1) is 10.2. The maximum Gasteiger partial charge on any atom is 0.0600 e. The van der Waals surface area contributed by atoms with Gasteiger partial charge in [0.15, 0.2) is 0 Å². The predicted molar refractivity (Wildman–Crippen MR) is 83.6 cm³/mol. The van der Waals surface area contributed by atoms with Crippen molar-refractivity contribution in [3.8, 4) is 0 Å². The summed E-state index contributed by atoms with van der Waals surface area (Å²) >= 11 is 0. The molecule has 0 aromatic carbocycles. The van der Waals surface area contributed by atoms with Gasteiger partial charge >= 0.3 is 0 Å². The zero-order chi connectivity index (χ0) is 14.6. The highest BCUT2D eigenvalue weighted by Gasteiger charge is 2.59. The van der Waals surface area contributed by atoms with Gasteiger partial charge in [0.25, 0.3) is 0 Å². The molecule has 0 spiro atoms. The first-order valence-electron chi connectivity index (χ1n) is 8.90. The molecule has 4 rings (SSSR count). The monoisotopic (exact) mass is 288 g/mol. The summed E-state index contributed by atoms with van der Waals surface area (Å²) in [5.74, 6) is 2.21. The molecular formula is C19H28O2. The van der Waals surface area contributed by atoms with Crippen LogP contribution in [0.5, 0.6) is 0 Å². The zero-order valence-corrected chi connectivity index (χ0v) is 13.0. The Kier molecular flexibility index (Phi) is 3.31. The van der Waals surface area contributed by atoms with E-state index in [9.17, 15) is 10.2 Å². The normalized spacial score (nSPS) is 51.9. The maximum absolute atomic E-state index is 10.9. The van der Waals surface area contributed by atoms with Crippen molar-refractivity contribution in [3.05, 3.63) is 23.8 Å². The summed E-state index contributed by atoms with van der Waals surface area (Å²) in [6, 6.07) is 0. The van der Waals surface area contributed by atoms with Gasteiger partial charge in [-0.25, -0.2) is 0 Å². The van der Waals surface area contributed by atoms with Crippen LogP contribution in [-0.4, -0.2) is 22.4 Å². The molecule has 2 heteroatoms. The van der Waals surface area contributed by atoms with Crippen LogP contribution < -0.4 is 0 Å². The largest absolute Gasteiger partial charge is 0.393 e. The molecule has 0 saturated heterocycles. The third-order valence-corrected chi connectivity index (χ3v) is 7.33. The van der Waals surface area contributed by atoms with Crippen LogP contribution in [0.4, 0.5) is 0 Å². The van der Waals surface area contributed by atoms with Gasteiger partial charge in [0.05, 0.1) is 12.2 Å². The lowest BCUT2D eigenvalue weighted by Gasteiger charge is -2.55. The molecule has 2 N–H and O–H groups in total. The molecule has 0 radical (unpaired) electrons. The van der Waals surface area contributed by atoms with E-state index in [0.29, 0.717) is 23.7 Å². The molecule has 0 bridgehead atoms. The van der Waals surface area contributed by atoms with Gasteiger partial charge in [-0.05, 0) is 74.2 Å². The molecule has 0 amide bonds. The quantitative estimate of drug-likeness (QED) is 0.776. The van der Waals surface area contributed by atoms with Gasteiger partial charge in [-0.3, -0.25) is 0 Å². The molecule has 4 aliphatic carbocycles.